The van der Waals surface area contributed by atoms with Gasteiger partial charge in [-0.25, -0.2) is 0 Å². The van der Waals surface area contributed by atoms with Gasteiger partial charge in [0.2, 0.25) is 0 Å². The Hall–Kier alpha value is -2.08. The minimum atomic E-state index is -0.210. The maximum absolute atomic E-state index is 13.0. The van der Waals surface area contributed by atoms with Gasteiger partial charge in [-0.05, 0) is 32.8 Å². The van der Waals surface area contributed by atoms with Crippen molar-refractivity contribution in [1.29, 1.82) is 0 Å². The van der Waals surface area contributed by atoms with Crippen LogP contribution >= 0.6 is 11.8 Å². The van der Waals surface area contributed by atoms with Crippen LogP contribution in [-0.2, 0) is 7.05 Å². The molecule has 3 aromatic rings. The third kappa shape index (κ3) is 2.55. The first kappa shape index (κ1) is 15.4. The molecule has 0 bridgehead atoms. The lowest BCUT2D eigenvalue weighted by Crippen LogP contribution is -2.15. The quantitative estimate of drug-likeness (QED) is 0.566. The molecular formula is C18H20N4OS. The second kappa shape index (κ2) is 5.77. The first-order chi connectivity index (χ1) is 11.6. The van der Waals surface area contributed by atoms with Gasteiger partial charge in [0, 0.05) is 35.1 Å². The molecule has 124 valence electrons. The Bertz CT molecular complexity index is 922. The van der Waals surface area contributed by atoms with Crippen molar-refractivity contribution >= 4 is 28.4 Å². The zero-order valence-electron chi connectivity index (χ0n) is 14.0. The fourth-order valence-corrected chi connectivity index (χ4v) is 4.02. The van der Waals surface area contributed by atoms with Crippen LogP contribution in [0.15, 0.2) is 29.4 Å². The number of carbonyl (C=O) groups is 1. The Labute approximate surface area is 144 Å². The number of fused-ring (bicyclic) bond motifs is 1. The van der Waals surface area contributed by atoms with Gasteiger partial charge in [0.05, 0.1) is 5.25 Å². The number of aromatic nitrogens is 4. The molecule has 24 heavy (non-hydrogen) atoms. The molecule has 2 heterocycles. The van der Waals surface area contributed by atoms with Gasteiger partial charge in [0.25, 0.3) is 0 Å². The molecule has 4 rings (SSSR count). The molecule has 0 amide bonds. The van der Waals surface area contributed by atoms with Crippen LogP contribution in [0.1, 0.15) is 47.6 Å². The number of aromatic amines is 1. The van der Waals surface area contributed by atoms with Crippen LogP contribution < -0.4 is 0 Å². The van der Waals surface area contributed by atoms with Crippen molar-refractivity contribution in [3.8, 4) is 0 Å². The smallest absolute Gasteiger partial charge is 0.191 e. The standard InChI is InChI=1S/C18H20N4OS/c1-10-15(13-6-4-5-7-14(13)19-10)16(23)11(2)24-18-21-20-17(22(18)3)12-8-9-12/h4-7,11-12,19H,8-9H2,1-3H3/t11-/m1/s1. The number of aryl methyl sites for hydroxylation is 1. The number of rotatable bonds is 5. The number of H-pyrrole nitrogens is 1. The molecule has 0 saturated heterocycles. The maximum atomic E-state index is 13.0. The van der Waals surface area contributed by atoms with Gasteiger partial charge in [0.15, 0.2) is 10.9 Å². The highest BCUT2D eigenvalue weighted by Crippen LogP contribution is 2.40. The van der Waals surface area contributed by atoms with E-state index in [1.54, 1.807) is 0 Å². The zero-order chi connectivity index (χ0) is 16.8. The lowest BCUT2D eigenvalue weighted by Gasteiger charge is -2.10. The lowest BCUT2D eigenvalue weighted by molar-refractivity contribution is 0.0995. The summed E-state index contributed by atoms with van der Waals surface area (Å²) in [5.74, 6) is 1.73. The van der Waals surface area contributed by atoms with Crippen molar-refractivity contribution in [1.82, 2.24) is 19.7 Å². The highest BCUT2D eigenvalue weighted by atomic mass is 32.2. The molecule has 6 heteroatoms. The summed E-state index contributed by atoms with van der Waals surface area (Å²) in [5.41, 5.74) is 2.71. The van der Waals surface area contributed by atoms with Crippen molar-refractivity contribution in [2.75, 3.05) is 0 Å². The van der Waals surface area contributed by atoms with Crippen molar-refractivity contribution in [2.24, 2.45) is 7.05 Å². The SMILES string of the molecule is Cc1[nH]c2ccccc2c1C(=O)[C@@H](C)Sc1nnc(C2CC2)n1C. The van der Waals surface area contributed by atoms with Crippen LogP contribution in [-0.4, -0.2) is 30.8 Å². The van der Waals surface area contributed by atoms with Crippen LogP contribution in [0.4, 0.5) is 0 Å². The summed E-state index contributed by atoms with van der Waals surface area (Å²) in [5, 5.41) is 10.2. The number of benzene rings is 1. The average Bonchev–Trinajstić information content (AvgIpc) is 3.26. The molecule has 1 aliphatic rings. The molecule has 0 unspecified atom stereocenters. The van der Waals surface area contributed by atoms with Crippen molar-refractivity contribution in [3.63, 3.8) is 0 Å². The molecular weight excluding hydrogens is 320 g/mol. The number of nitrogens with zero attached hydrogens (tertiary/aromatic N) is 3. The van der Waals surface area contributed by atoms with Gasteiger partial charge in [-0.3, -0.25) is 4.79 Å². The van der Waals surface area contributed by atoms with Gasteiger partial charge in [-0.15, -0.1) is 10.2 Å². The Balaban J connectivity index is 1.60. The van der Waals surface area contributed by atoms with Gasteiger partial charge in [-0.2, -0.15) is 0 Å². The number of Topliss-reactive ketones (excluding diaryl/α,β-unsaturated/α-hetero) is 1. The minimum Gasteiger partial charge on any atom is -0.358 e. The molecule has 2 aromatic heterocycles. The van der Waals surface area contributed by atoms with Crippen molar-refractivity contribution in [2.45, 2.75) is 43.0 Å². The maximum Gasteiger partial charge on any atom is 0.191 e. The monoisotopic (exact) mass is 340 g/mol. The number of nitrogens with one attached hydrogen (secondary N) is 1. The first-order valence-electron chi connectivity index (χ1n) is 8.23. The Morgan fingerprint density at radius 1 is 1.33 bits per heavy atom. The van der Waals surface area contributed by atoms with E-state index in [1.807, 2.05) is 49.7 Å². The van der Waals surface area contributed by atoms with Crippen LogP contribution in [0.25, 0.3) is 10.9 Å². The predicted octanol–water partition coefficient (Wildman–Crippen LogP) is 3.85. The number of carbonyl (C=O) groups excluding carboxylic acids is 1. The van der Waals surface area contributed by atoms with Crippen LogP contribution in [0, 0.1) is 6.92 Å². The fourth-order valence-electron chi connectivity index (χ4n) is 3.13. The molecule has 1 aromatic carbocycles. The average molecular weight is 340 g/mol. The van der Waals surface area contributed by atoms with E-state index in [1.165, 1.54) is 24.6 Å². The summed E-state index contributed by atoms with van der Waals surface area (Å²) < 4.78 is 2.04. The van der Waals surface area contributed by atoms with E-state index < -0.39 is 0 Å². The first-order valence-corrected chi connectivity index (χ1v) is 9.11. The van der Waals surface area contributed by atoms with E-state index in [0.29, 0.717) is 5.92 Å². The van der Waals surface area contributed by atoms with Crippen molar-refractivity contribution < 1.29 is 4.79 Å². The highest BCUT2D eigenvalue weighted by Gasteiger charge is 2.30. The lowest BCUT2D eigenvalue weighted by atomic mass is 10.1. The number of ketones is 1. The third-order valence-corrected chi connectivity index (χ3v) is 5.74. The Kier molecular flexibility index (Phi) is 3.72. The number of thioether (sulfide) groups is 1. The summed E-state index contributed by atoms with van der Waals surface area (Å²) in [6, 6.07) is 7.94. The molecule has 1 fully saturated rings. The molecule has 1 saturated carbocycles. The highest BCUT2D eigenvalue weighted by molar-refractivity contribution is 8.00. The Morgan fingerprint density at radius 3 is 2.83 bits per heavy atom. The molecule has 0 radical (unpaired) electrons. The van der Waals surface area contributed by atoms with Gasteiger partial charge in [0.1, 0.15) is 5.82 Å². The minimum absolute atomic E-state index is 0.130. The number of para-hydroxylation sites is 1. The third-order valence-electron chi connectivity index (χ3n) is 4.60. The second-order valence-corrected chi connectivity index (χ2v) is 7.78. The summed E-state index contributed by atoms with van der Waals surface area (Å²) in [7, 11) is 1.99. The number of hydrogen-bond acceptors (Lipinski definition) is 4. The summed E-state index contributed by atoms with van der Waals surface area (Å²) in [6.07, 6.45) is 2.39. The summed E-state index contributed by atoms with van der Waals surface area (Å²) >= 11 is 1.49. The van der Waals surface area contributed by atoms with E-state index in [2.05, 4.69) is 15.2 Å². The van der Waals surface area contributed by atoms with Crippen LogP contribution in [0.2, 0.25) is 0 Å². The van der Waals surface area contributed by atoms with E-state index in [9.17, 15) is 4.79 Å². The predicted molar refractivity (Wildman–Crippen MR) is 95.7 cm³/mol. The summed E-state index contributed by atoms with van der Waals surface area (Å²) in [6.45, 7) is 3.90. The van der Waals surface area contributed by atoms with E-state index >= 15 is 0 Å². The zero-order valence-corrected chi connectivity index (χ0v) is 14.9. The molecule has 1 N–H and O–H groups in total. The molecule has 0 aliphatic heterocycles. The topological polar surface area (TPSA) is 63.6 Å². The molecule has 0 spiro atoms. The summed E-state index contributed by atoms with van der Waals surface area (Å²) in [4.78, 5) is 16.3. The van der Waals surface area contributed by atoms with Gasteiger partial charge in [-0.1, -0.05) is 30.0 Å². The van der Waals surface area contributed by atoms with E-state index in [-0.39, 0.29) is 11.0 Å². The second-order valence-electron chi connectivity index (χ2n) is 6.47. The fraction of sp³-hybridized carbons (Fsp3) is 0.389. The number of hydrogen-bond donors (Lipinski definition) is 1. The van der Waals surface area contributed by atoms with Gasteiger partial charge < -0.3 is 9.55 Å². The van der Waals surface area contributed by atoms with Gasteiger partial charge >= 0.3 is 0 Å². The molecule has 1 atom stereocenters. The Morgan fingerprint density at radius 2 is 2.08 bits per heavy atom. The molecule has 5 nitrogen and oxygen atoms in total. The van der Waals surface area contributed by atoms with Crippen molar-refractivity contribution in [3.05, 3.63) is 41.3 Å². The molecule has 1 aliphatic carbocycles. The normalized spacial score (nSPS) is 15.8. The van der Waals surface area contributed by atoms with E-state index in [4.69, 9.17) is 0 Å². The van der Waals surface area contributed by atoms with E-state index in [0.717, 1.165) is 33.1 Å². The van der Waals surface area contributed by atoms with Crippen LogP contribution in [0.5, 0.6) is 0 Å². The van der Waals surface area contributed by atoms with Crippen LogP contribution in [0.3, 0.4) is 0 Å². The largest absolute Gasteiger partial charge is 0.358 e.